The van der Waals surface area contributed by atoms with Crippen molar-refractivity contribution in [2.75, 3.05) is 18.1 Å². The van der Waals surface area contributed by atoms with E-state index in [1.807, 2.05) is 4.90 Å². The van der Waals surface area contributed by atoms with Gasteiger partial charge >= 0.3 is 5.97 Å². The van der Waals surface area contributed by atoms with E-state index in [0.29, 0.717) is 18.8 Å². The van der Waals surface area contributed by atoms with Crippen LogP contribution in [0.3, 0.4) is 0 Å². The topological polar surface area (TPSA) is 55.6 Å². The molecule has 0 saturated carbocycles. The highest BCUT2D eigenvalue weighted by atomic mass is 32.1. The normalized spacial score (nSPS) is 18.1. The summed E-state index contributed by atoms with van der Waals surface area (Å²) in [4.78, 5) is 13.8. The minimum Gasteiger partial charge on any atom is -0.464 e. The molecule has 0 bridgehead atoms. The molecule has 1 aromatic carbocycles. The molecule has 1 heterocycles. The van der Waals surface area contributed by atoms with Crippen molar-refractivity contribution in [1.82, 2.24) is 0 Å². The quantitative estimate of drug-likeness (QED) is 0.680. The zero-order chi connectivity index (χ0) is 14.7. The smallest absolute Gasteiger partial charge is 0.328 e. The number of nitrogens with two attached hydrogens (primary N) is 1. The Bertz CT molecular complexity index is 536. The number of halogens is 1. The number of carbonyl (C=O) groups is 1. The number of carbonyl (C=O) groups excluding carboxylic acids is 1. The van der Waals surface area contributed by atoms with Crippen molar-refractivity contribution in [1.29, 1.82) is 0 Å². The fraction of sp³-hybridized carbons (Fsp3) is 0.429. The summed E-state index contributed by atoms with van der Waals surface area (Å²) in [5.41, 5.74) is 6.31. The molecule has 6 heteroatoms. The van der Waals surface area contributed by atoms with Gasteiger partial charge in [0.05, 0.1) is 6.61 Å². The highest BCUT2D eigenvalue weighted by molar-refractivity contribution is 7.80. The Hall–Kier alpha value is -1.69. The average Bonchev–Trinajstić information content (AvgIpc) is 2.87. The third kappa shape index (κ3) is 2.90. The third-order valence-corrected chi connectivity index (χ3v) is 3.58. The van der Waals surface area contributed by atoms with Gasteiger partial charge in [-0.05, 0) is 38.0 Å². The van der Waals surface area contributed by atoms with Gasteiger partial charge in [-0.1, -0.05) is 12.2 Å². The van der Waals surface area contributed by atoms with Gasteiger partial charge in [-0.2, -0.15) is 0 Å². The summed E-state index contributed by atoms with van der Waals surface area (Å²) in [6.07, 6.45) is 1.60. The maximum Gasteiger partial charge on any atom is 0.328 e. The van der Waals surface area contributed by atoms with E-state index in [1.54, 1.807) is 19.1 Å². The Morgan fingerprint density at radius 2 is 2.35 bits per heavy atom. The number of hydrogen-bond acceptors (Lipinski definition) is 4. The summed E-state index contributed by atoms with van der Waals surface area (Å²) in [7, 11) is 0. The van der Waals surface area contributed by atoms with Gasteiger partial charge in [0.2, 0.25) is 0 Å². The summed E-state index contributed by atoms with van der Waals surface area (Å²) in [6.45, 7) is 2.82. The summed E-state index contributed by atoms with van der Waals surface area (Å²) >= 11 is 4.78. The molecule has 1 aliphatic rings. The van der Waals surface area contributed by atoms with Crippen LogP contribution >= 0.6 is 12.2 Å². The lowest BCUT2D eigenvalue weighted by molar-refractivity contribution is -0.144. The lowest BCUT2D eigenvalue weighted by atomic mass is 10.1. The highest BCUT2D eigenvalue weighted by Crippen LogP contribution is 2.27. The Labute approximate surface area is 122 Å². The Balaban J connectivity index is 2.24. The lowest BCUT2D eigenvalue weighted by Crippen LogP contribution is -2.37. The summed E-state index contributed by atoms with van der Waals surface area (Å²) < 4.78 is 19.0. The van der Waals surface area contributed by atoms with Gasteiger partial charge in [-0.25, -0.2) is 9.18 Å². The molecule has 0 spiro atoms. The van der Waals surface area contributed by atoms with Crippen molar-refractivity contribution in [3.63, 3.8) is 0 Å². The predicted octanol–water partition coefficient (Wildman–Crippen LogP) is 1.99. The van der Waals surface area contributed by atoms with Crippen molar-refractivity contribution in [3.05, 3.63) is 29.6 Å². The van der Waals surface area contributed by atoms with Crippen LogP contribution in [0.1, 0.15) is 25.3 Å². The minimum atomic E-state index is -0.468. The monoisotopic (exact) mass is 296 g/mol. The van der Waals surface area contributed by atoms with Gasteiger partial charge in [-0.3, -0.25) is 0 Å². The SMILES string of the molecule is CCOC(=O)C1CCCN1c1ccc(C(N)=S)c(F)c1. The van der Waals surface area contributed by atoms with Crippen molar-refractivity contribution in [2.45, 2.75) is 25.8 Å². The minimum absolute atomic E-state index is 0.0254. The van der Waals surface area contributed by atoms with Crippen LogP contribution in [0.4, 0.5) is 10.1 Å². The Morgan fingerprint density at radius 1 is 1.60 bits per heavy atom. The maximum absolute atomic E-state index is 13.9. The summed E-state index contributed by atoms with van der Waals surface area (Å²) in [5.74, 6) is -0.728. The van der Waals surface area contributed by atoms with E-state index in [9.17, 15) is 9.18 Å². The van der Waals surface area contributed by atoms with Crippen molar-refractivity contribution >= 4 is 28.9 Å². The molecular formula is C14H17FN2O2S. The first kappa shape index (κ1) is 14.7. The van der Waals surface area contributed by atoms with Gasteiger partial charge in [-0.15, -0.1) is 0 Å². The zero-order valence-electron chi connectivity index (χ0n) is 11.3. The molecule has 1 atom stereocenters. The standard InChI is InChI=1S/C14H17FN2O2S/c1-2-19-14(18)12-4-3-7-17(12)9-5-6-10(13(16)20)11(15)8-9/h5-6,8,12H,2-4,7H2,1H3,(H2,16,20). The number of benzene rings is 1. The highest BCUT2D eigenvalue weighted by Gasteiger charge is 2.32. The molecule has 2 N–H and O–H groups in total. The molecule has 4 nitrogen and oxygen atoms in total. The molecule has 0 aromatic heterocycles. The van der Waals surface area contributed by atoms with Crippen LogP contribution in [-0.2, 0) is 9.53 Å². The summed E-state index contributed by atoms with van der Waals surface area (Å²) in [5, 5.41) is 0. The number of thiocarbonyl (C=S) groups is 1. The molecule has 0 aliphatic carbocycles. The van der Waals surface area contributed by atoms with Crippen molar-refractivity contribution in [2.24, 2.45) is 5.73 Å². The Kier molecular flexibility index (Phi) is 4.54. The summed E-state index contributed by atoms with van der Waals surface area (Å²) in [6, 6.07) is 4.30. The van der Waals surface area contributed by atoms with Gasteiger partial charge in [0, 0.05) is 17.8 Å². The maximum atomic E-state index is 13.9. The van der Waals surface area contributed by atoms with E-state index in [4.69, 9.17) is 22.7 Å². The second-order valence-corrected chi connectivity index (χ2v) is 5.07. The van der Waals surface area contributed by atoms with Gasteiger partial charge < -0.3 is 15.4 Å². The van der Waals surface area contributed by atoms with Gasteiger partial charge in [0.1, 0.15) is 16.8 Å². The number of ether oxygens (including phenoxy) is 1. The van der Waals surface area contributed by atoms with Crippen LogP contribution in [0.5, 0.6) is 0 Å². The van der Waals surface area contributed by atoms with E-state index in [1.165, 1.54) is 6.07 Å². The van der Waals surface area contributed by atoms with Crippen molar-refractivity contribution in [3.8, 4) is 0 Å². The molecule has 1 unspecified atom stereocenters. The van der Waals surface area contributed by atoms with Crippen LogP contribution < -0.4 is 10.6 Å². The zero-order valence-corrected chi connectivity index (χ0v) is 12.1. The van der Waals surface area contributed by atoms with Crippen LogP contribution in [-0.4, -0.2) is 30.2 Å². The van der Waals surface area contributed by atoms with E-state index >= 15 is 0 Å². The Morgan fingerprint density at radius 3 is 2.95 bits per heavy atom. The first-order valence-corrected chi connectivity index (χ1v) is 6.98. The fourth-order valence-corrected chi connectivity index (χ4v) is 2.61. The molecule has 0 radical (unpaired) electrons. The molecule has 20 heavy (non-hydrogen) atoms. The van der Waals surface area contributed by atoms with Crippen LogP contribution in [0.25, 0.3) is 0 Å². The molecule has 0 amide bonds. The molecule has 1 aromatic rings. The number of esters is 1. The lowest BCUT2D eigenvalue weighted by Gasteiger charge is -2.25. The first-order valence-electron chi connectivity index (χ1n) is 6.57. The third-order valence-electron chi connectivity index (χ3n) is 3.36. The molecule has 1 aliphatic heterocycles. The van der Waals surface area contributed by atoms with Crippen LogP contribution in [0, 0.1) is 5.82 Å². The first-order chi connectivity index (χ1) is 9.54. The second-order valence-electron chi connectivity index (χ2n) is 4.63. The second kappa shape index (κ2) is 6.17. The number of nitrogens with zero attached hydrogens (tertiary/aromatic N) is 1. The van der Waals surface area contributed by atoms with E-state index in [0.717, 1.165) is 12.8 Å². The number of anilines is 1. The molecule has 1 saturated heterocycles. The fourth-order valence-electron chi connectivity index (χ4n) is 2.44. The van der Waals surface area contributed by atoms with Crippen molar-refractivity contribution < 1.29 is 13.9 Å². The van der Waals surface area contributed by atoms with Gasteiger partial charge in [0.15, 0.2) is 0 Å². The van der Waals surface area contributed by atoms with Gasteiger partial charge in [0.25, 0.3) is 0 Å². The van der Waals surface area contributed by atoms with E-state index in [2.05, 4.69) is 0 Å². The number of hydrogen-bond donors (Lipinski definition) is 1. The largest absolute Gasteiger partial charge is 0.464 e. The predicted molar refractivity (Wildman–Crippen MR) is 79.3 cm³/mol. The molecular weight excluding hydrogens is 279 g/mol. The van der Waals surface area contributed by atoms with Crippen LogP contribution in [0.15, 0.2) is 18.2 Å². The number of rotatable bonds is 4. The molecule has 1 fully saturated rings. The molecule has 2 rings (SSSR count). The van der Waals surface area contributed by atoms with E-state index < -0.39 is 5.82 Å². The van der Waals surface area contributed by atoms with E-state index in [-0.39, 0.29) is 22.6 Å². The molecule has 108 valence electrons. The average molecular weight is 296 g/mol. The van der Waals surface area contributed by atoms with Crippen LogP contribution in [0.2, 0.25) is 0 Å².